The van der Waals surface area contributed by atoms with Crippen molar-refractivity contribution >= 4 is 37.9 Å². The lowest BCUT2D eigenvalue weighted by atomic mass is 9.94. The number of fused-ring (bicyclic) bond motifs is 1. The molecular formula is C13H13NOS2. The monoisotopic (exact) mass is 263 g/mol. The van der Waals surface area contributed by atoms with E-state index >= 15 is 0 Å². The number of rotatable bonds is 4. The van der Waals surface area contributed by atoms with Crippen molar-refractivity contribution in [3.8, 4) is 6.07 Å². The molecule has 0 spiro atoms. The number of carbonyl (C=O) groups is 1. The number of hydrogen-bond donors (Lipinski definition) is 0. The minimum absolute atomic E-state index is 0.0189. The first-order valence-corrected chi connectivity index (χ1v) is 7.22. The van der Waals surface area contributed by atoms with Crippen LogP contribution >= 0.6 is 22.7 Å². The van der Waals surface area contributed by atoms with Crippen molar-refractivity contribution in [2.24, 2.45) is 11.8 Å². The molecule has 0 aliphatic carbocycles. The summed E-state index contributed by atoms with van der Waals surface area (Å²) >= 11 is 3.13. The van der Waals surface area contributed by atoms with Crippen molar-refractivity contribution in [3.05, 3.63) is 22.4 Å². The van der Waals surface area contributed by atoms with Crippen LogP contribution in [0.15, 0.2) is 17.5 Å². The van der Waals surface area contributed by atoms with E-state index < -0.39 is 5.92 Å². The van der Waals surface area contributed by atoms with Gasteiger partial charge in [-0.15, -0.1) is 22.7 Å². The van der Waals surface area contributed by atoms with E-state index in [1.165, 1.54) is 11.3 Å². The van der Waals surface area contributed by atoms with Crippen LogP contribution < -0.4 is 0 Å². The van der Waals surface area contributed by atoms with Crippen molar-refractivity contribution < 1.29 is 4.79 Å². The van der Waals surface area contributed by atoms with Crippen LogP contribution in [0, 0.1) is 23.2 Å². The van der Waals surface area contributed by atoms with Crippen LogP contribution in [0.25, 0.3) is 9.40 Å². The topological polar surface area (TPSA) is 40.9 Å². The van der Waals surface area contributed by atoms with E-state index in [0.717, 1.165) is 14.3 Å². The maximum Gasteiger partial charge on any atom is 0.189 e. The second kappa shape index (κ2) is 4.99. The lowest BCUT2D eigenvalue weighted by Gasteiger charge is -2.08. The zero-order valence-corrected chi connectivity index (χ0v) is 11.4. The molecule has 0 fully saturated rings. The van der Waals surface area contributed by atoms with Gasteiger partial charge in [0.15, 0.2) is 5.78 Å². The maximum absolute atomic E-state index is 12.2. The van der Waals surface area contributed by atoms with Gasteiger partial charge in [0.2, 0.25) is 0 Å². The molecule has 0 bridgehead atoms. The molecule has 2 heterocycles. The van der Waals surface area contributed by atoms with Crippen molar-refractivity contribution in [1.29, 1.82) is 5.26 Å². The summed E-state index contributed by atoms with van der Waals surface area (Å²) in [6, 6.07) is 6.06. The van der Waals surface area contributed by atoms with Crippen LogP contribution in [0.2, 0.25) is 0 Å². The molecule has 88 valence electrons. The van der Waals surface area contributed by atoms with Gasteiger partial charge in [0.25, 0.3) is 0 Å². The van der Waals surface area contributed by atoms with Gasteiger partial charge in [-0.1, -0.05) is 13.8 Å². The lowest BCUT2D eigenvalue weighted by molar-refractivity contribution is 0.0941. The summed E-state index contributed by atoms with van der Waals surface area (Å²) in [4.78, 5) is 12.9. The number of hydrogen-bond acceptors (Lipinski definition) is 4. The molecule has 2 aromatic rings. The standard InChI is InChI=1S/C13H13NOS2/c1-8(2)5-9(7-14)13(15)12-6-11-10(17-12)3-4-16-11/h3-4,6,8-9H,5H2,1-2H3. The van der Waals surface area contributed by atoms with Crippen LogP contribution in [-0.4, -0.2) is 5.78 Å². The molecule has 0 radical (unpaired) electrons. The second-order valence-corrected chi connectivity index (χ2v) is 6.47. The molecule has 1 atom stereocenters. The second-order valence-electron chi connectivity index (χ2n) is 4.44. The van der Waals surface area contributed by atoms with Gasteiger partial charge in [-0.3, -0.25) is 4.79 Å². The number of thiophene rings is 2. The summed E-state index contributed by atoms with van der Waals surface area (Å²) < 4.78 is 2.28. The number of nitriles is 1. The maximum atomic E-state index is 12.2. The molecule has 0 N–H and O–H groups in total. The molecule has 4 heteroatoms. The Kier molecular flexibility index (Phi) is 3.60. The van der Waals surface area contributed by atoms with Gasteiger partial charge in [0.05, 0.1) is 10.9 Å². The molecule has 2 aromatic heterocycles. The van der Waals surface area contributed by atoms with Crippen molar-refractivity contribution in [1.82, 2.24) is 0 Å². The Morgan fingerprint density at radius 3 is 2.82 bits per heavy atom. The summed E-state index contributed by atoms with van der Waals surface area (Å²) in [5, 5.41) is 11.1. The summed E-state index contributed by atoms with van der Waals surface area (Å²) in [6.45, 7) is 4.06. The Labute approximate surface area is 109 Å². The predicted octanol–water partition coefficient (Wildman–Crippen LogP) is 4.33. The summed E-state index contributed by atoms with van der Waals surface area (Å²) in [5.41, 5.74) is 0. The lowest BCUT2D eigenvalue weighted by Crippen LogP contribution is -2.14. The van der Waals surface area contributed by atoms with Crippen LogP contribution in [0.4, 0.5) is 0 Å². The average molecular weight is 263 g/mol. The summed E-state index contributed by atoms with van der Waals surface area (Å²) in [7, 11) is 0. The molecule has 0 aliphatic heterocycles. The first-order valence-electron chi connectivity index (χ1n) is 5.52. The smallest absolute Gasteiger partial charge is 0.189 e. The molecular weight excluding hydrogens is 250 g/mol. The Morgan fingerprint density at radius 2 is 2.24 bits per heavy atom. The van der Waals surface area contributed by atoms with Crippen LogP contribution in [0.5, 0.6) is 0 Å². The van der Waals surface area contributed by atoms with E-state index in [-0.39, 0.29) is 5.78 Å². The van der Waals surface area contributed by atoms with Gasteiger partial charge in [0.1, 0.15) is 5.92 Å². The highest BCUT2D eigenvalue weighted by Crippen LogP contribution is 2.32. The summed E-state index contributed by atoms with van der Waals surface area (Å²) in [6.07, 6.45) is 0.640. The Bertz CT molecular complexity index is 545. The third kappa shape index (κ3) is 2.56. The quantitative estimate of drug-likeness (QED) is 0.770. The highest BCUT2D eigenvalue weighted by Gasteiger charge is 2.22. The molecule has 17 heavy (non-hydrogen) atoms. The fourth-order valence-corrected chi connectivity index (χ4v) is 3.85. The minimum Gasteiger partial charge on any atom is -0.292 e. The van der Waals surface area contributed by atoms with Gasteiger partial charge in [-0.25, -0.2) is 0 Å². The largest absolute Gasteiger partial charge is 0.292 e. The molecule has 0 aliphatic rings. The number of nitrogens with zero attached hydrogens (tertiary/aromatic N) is 1. The van der Waals surface area contributed by atoms with Crippen LogP contribution in [-0.2, 0) is 0 Å². The van der Waals surface area contributed by atoms with E-state index in [1.807, 2.05) is 31.4 Å². The zero-order chi connectivity index (χ0) is 12.4. The number of carbonyl (C=O) groups excluding carboxylic acids is 1. The molecule has 2 rings (SSSR count). The fourth-order valence-electron chi connectivity index (χ4n) is 1.75. The molecule has 2 nitrogen and oxygen atoms in total. The zero-order valence-electron chi connectivity index (χ0n) is 9.77. The number of Topliss-reactive ketones (excluding diaryl/α,β-unsaturated/α-hetero) is 1. The number of ketones is 1. The van der Waals surface area contributed by atoms with E-state index in [4.69, 9.17) is 5.26 Å². The Balaban J connectivity index is 2.24. The third-order valence-corrected chi connectivity index (χ3v) is 4.67. The fraction of sp³-hybridized carbons (Fsp3) is 0.385. The third-order valence-electron chi connectivity index (χ3n) is 2.56. The van der Waals surface area contributed by atoms with Gasteiger partial charge in [-0.05, 0) is 29.9 Å². The molecule has 1 unspecified atom stereocenters. The normalized spacial score (nSPS) is 12.8. The van der Waals surface area contributed by atoms with E-state index in [9.17, 15) is 4.79 Å². The van der Waals surface area contributed by atoms with Gasteiger partial charge in [0, 0.05) is 9.40 Å². The highest BCUT2D eigenvalue weighted by molar-refractivity contribution is 7.27. The average Bonchev–Trinajstić information content (AvgIpc) is 2.84. The molecule has 0 aromatic carbocycles. The predicted molar refractivity (Wildman–Crippen MR) is 72.6 cm³/mol. The first kappa shape index (κ1) is 12.3. The van der Waals surface area contributed by atoms with E-state index in [1.54, 1.807) is 11.3 Å². The van der Waals surface area contributed by atoms with Crippen molar-refractivity contribution in [2.75, 3.05) is 0 Å². The van der Waals surface area contributed by atoms with Crippen molar-refractivity contribution in [3.63, 3.8) is 0 Å². The van der Waals surface area contributed by atoms with E-state index in [2.05, 4.69) is 6.07 Å². The molecule has 0 saturated carbocycles. The minimum atomic E-state index is -0.497. The Hall–Kier alpha value is -1.18. The van der Waals surface area contributed by atoms with Gasteiger partial charge in [-0.2, -0.15) is 5.26 Å². The Morgan fingerprint density at radius 1 is 1.47 bits per heavy atom. The van der Waals surface area contributed by atoms with Crippen LogP contribution in [0.1, 0.15) is 29.9 Å². The molecule has 0 amide bonds. The first-order chi connectivity index (χ1) is 8.11. The van der Waals surface area contributed by atoms with Gasteiger partial charge >= 0.3 is 0 Å². The van der Waals surface area contributed by atoms with E-state index in [0.29, 0.717) is 12.3 Å². The van der Waals surface area contributed by atoms with Crippen LogP contribution in [0.3, 0.4) is 0 Å². The van der Waals surface area contributed by atoms with Crippen molar-refractivity contribution in [2.45, 2.75) is 20.3 Å². The molecule has 0 saturated heterocycles. The highest BCUT2D eigenvalue weighted by atomic mass is 32.1. The summed E-state index contributed by atoms with van der Waals surface area (Å²) in [5.74, 6) is -0.151. The SMILES string of the molecule is CC(C)CC(C#N)C(=O)c1cc2sccc2s1. The van der Waals surface area contributed by atoms with Gasteiger partial charge < -0.3 is 0 Å².